The normalized spacial score (nSPS) is 16.4. The summed E-state index contributed by atoms with van der Waals surface area (Å²) in [6.07, 6.45) is 1.58. The predicted molar refractivity (Wildman–Crippen MR) is 43.6 cm³/mol. The van der Waals surface area contributed by atoms with Gasteiger partial charge in [0.05, 0.1) is 12.2 Å². The summed E-state index contributed by atoms with van der Waals surface area (Å²) in [5.74, 6) is 0. The Bertz CT molecular complexity index is 91.3. The topological polar surface area (TPSA) is 38.7 Å². The van der Waals surface area contributed by atoms with Crippen molar-refractivity contribution >= 4 is 0 Å². The van der Waals surface area contributed by atoms with Crippen molar-refractivity contribution in [3.8, 4) is 0 Å². The molecule has 0 aliphatic carbocycles. The summed E-state index contributed by atoms with van der Waals surface area (Å²) in [6, 6.07) is 0. The second-order valence-corrected chi connectivity index (χ2v) is 3.03. The Balaban J connectivity index is 3.38. The summed E-state index contributed by atoms with van der Waals surface area (Å²) < 4.78 is 9.71. The molecule has 0 amide bonds. The standard InChI is InChI=1S/C8H18O3/c1-8(9,7-11-3)5-4-6-10-2/h9H,4-7H2,1-3H3. The maximum Gasteiger partial charge on any atom is 0.0852 e. The molecule has 0 radical (unpaired) electrons. The van der Waals surface area contributed by atoms with E-state index in [4.69, 9.17) is 9.47 Å². The summed E-state index contributed by atoms with van der Waals surface area (Å²) in [7, 11) is 3.25. The smallest absolute Gasteiger partial charge is 0.0852 e. The molecule has 0 spiro atoms. The molecule has 1 unspecified atom stereocenters. The average molecular weight is 162 g/mol. The van der Waals surface area contributed by atoms with Crippen molar-refractivity contribution in [2.75, 3.05) is 27.4 Å². The van der Waals surface area contributed by atoms with Crippen LogP contribution in [-0.2, 0) is 9.47 Å². The molecule has 0 aromatic carbocycles. The molecule has 3 nitrogen and oxygen atoms in total. The Hall–Kier alpha value is -0.120. The van der Waals surface area contributed by atoms with Gasteiger partial charge in [-0.2, -0.15) is 0 Å². The molecule has 0 heterocycles. The molecule has 11 heavy (non-hydrogen) atoms. The van der Waals surface area contributed by atoms with Gasteiger partial charge in [-0.3, -0.25) is 0 Å². The number of rotatable bonds is 6. The highest BCUT2D eigenvalue weighted by molar-refractivity contribution is 4.70. The van der Waals surface area contributed by atoms with E-state index in [1.54, 1.807) is 21.1 Å². The lowest BCUT2D eigenvalue weighted by atomic mass is 10.0. The van der Waals surface area contributed by atoms with Crippen LogP contribution in [0.3, 0.4) is 0 Å². The Morgan fingerprint density at radius 2 is 1.91 bits per heavy atom. The van der Waals surface area contributed by atoms with Gasteiger partial charge in [-0.05, 0) is 19.8 Å². The van der Waals surface area contributed by atoms with Crippen molar-refractivity contribution in [2.24, 2.45) is 0 Å². The van der Waals surface area contributed by atoms with Crippen LogP contribution in [0, 0.1) is 0 Å². The van der Waals surface area contributed by atoms with E-state index in [0.717, 1.165) is 6.42 Å². The maximum atomic E-state index is 9.56. The quantitative estimate of drug-likeness (QED) is 0.587. The van der Waals surface area contributed by atoms with Gasteiger partial charge in [0, 0.05) is 20.8 Å². The predicted octanol–water partition coefficient (Wildman–Crippen LogP) is 0.810. The van der Waals surface area contributed by atoms with E-state index >= 15 is 0 Å². The van der Waals surface area contributed by atoms with Crippen molar-refractivity contribution in [3.63, 3.8) is 0 Å². The summed E-state index contributed by atoms with van der Waals surface area (Å²) in [5.41, 5.74) is -0.701. The van der Waals surface area contributed by atoms with Gasteiger partial charge >= 0.3 is 0 Å². The fraction of sp³-hybridized carbons (Fsp3) is 1.00. The fourth-order valence-corrected chi connectivity index (χ4v) is 0.980. The summed E-state index contributed by atoms with van der Waals surface area (Å²) in [5, 5.41) is 9.56. The highest BCUT2D eigenvalue weighted by atomic mass is 16.5. The highest BCUT2D eigenvalue weighted by Crippen LogP contribution is 2.11. The second kappa shape index (κ2) is 5.52. The molecule has 3 heteroatoms. The summed E-state index contributed by atoms with van der Waals surface area (Å²) in [6.45, 7) is 2.85. The molecule has 1 atom stereocenters. The van der Waals surface area contributed by atoms with E-state index < -0.39 is 5.60 Å². The zero-order valence-electron chi connectivity index (χ0n) is 7.59. The van der Waals surface area contributed by atoms with Crippen molar-refractivity contribution in [3.05, 3.63) is 0 Å². The van der Waals surface area contributed by atoms with Crippen LogP contribution in [0.15, 0.2) is 0 Å². The third kappa shape index (κ3) is 6.28. The molecule has 0 bridgehead atoms. The minimum Gasteiger partial charge on any atom is -0.388 e. The lowest BCUT2D eigenvalue weighted by Crippen LogP contribution is -2.30. The fourth-order valence-electron chi connectivity index (χ4n) is 0.980. The summed E-state index contributed by atoms with van der Waals surface area (Å²) in [4.78, 5) is 0. The van der Waals surface area contributed by atoms with Gasteiger partial charge in [0.25, 0.3) is 0 Å². The lowest BCUT2D eigenvalue weighted by Gasteiger charge is -2.21. The van der Waals surface area contributed by atoms with Crippen LogP contribution < -0.4 is 0 Å². The zero-order valence-corrected chi connectivity index (χ0v) is 7.59. The Morgan fingerprint density at radius 3 is 2.36 bits per heavy atom. The van der Waals surface area contributed by atoms with Crippen molar-refractivity contribution in [1.29, 1.82) is 0 Å². The second-order valence-electron chi connectivity index (χ2n) is 3.03. The van der Waals surface area contributed by atoms with Gasteiger partial charge in [-0.15, -0.1) is 0 Å². The Morgan fingerprint density at radius 1 is 1.27 bits per heavy atom. The Labute approximate surface area is 68.3 Å². The first kappa shape index (κ1) is 10.9. The van der Waals surface area contributed by atoms with E-state index in [9.17, 15) is 5.11 Å². The van der Waals surface area contributed by atoms with E-state index in [-0.39, 0.29) is 0 Å². The molecule has 1 N–H and O–H groups in total. The zero-order chi connectivity index (χ0) is 8.74. The number of methoxy groups -OCH3 is 2. The van der Waals surface area contributed by atoms with Gasteiger partial charge in [0.2, 0.25) is 0 Å². The molecule has 0 saturated carbocycles. The third-order valence-corrected chi connectivity index (χ3v) is 1.52. The van der Waals surface area contributed by atoms with E-state index in [1.807, 2.05) is 0 Å². The highest BCUT2D eigenvalue weighted by Gasteiger charge is 2.18. The largest absolute Gasteiger partial charge is 0.388 e. The molecular weight excluding hydrogens is 144 g/mol. The van der Waals surface area contributed by atoms with Crippen LogP contribution in [0.1, 0.15) is 19.8 Å². The average Bonchev–Trinajstić information content (AvgIpc) is 1.87. The summed E-state index contributed by atoms with van der Waals surface area (Å²) >= 11 is 0. The third-order valence-electron chi connectivity index (χ3n) is 1.52. The first-order valence-corrected chi connectivity index (χ1v) is 3.82. The van der Waals surface area contributed by atoms with Crippen LogP contribution in [0.25, 0.3) is 0 Å². The van der Waals surface area contributed by atoms with E-state index in [2.05, 4.69) is 0 Å². The lowest BCUT2D eigenvalue weighted by molar-refractivity contribution is -0.0272. The first-order chi connectivity index (χ1) is 5.12. The van der Waals surface area contributed by atoms with Crippen LogP contribution in [0.5, 0.6) is 0 Å². The van der Waals surface area contributed by atoms with Crippen LogP contribution in [0.2, 0.25) is 0 Å². The monoisotopic (exact) mass is 162 g/mol. The van der Waals surface area contributed by atoms with Gasteiger partial charge in [-0.1, -0.05) is 0 Å². The van der Waals surface area contributed by atoms with Crippen LogP contribution >= 0.6 is 0 Å². The Kier molecular flexibility index (Phi) is 5.46. The van der Waals surface area contributed by atoms with Gasteiger partial charge in [0.1, 0.15) is 0 Å². The van der Waals surface area contributed by atoms with Crippen LogP contribution in [0.4, 0.5) is 0 Å². The molecule has 68 valence electrons. The number of hydrogen-bond acceptors (Lipinski definition) is 3. The van der Waals surface area contributed by atoms with Crippen LogP contribution in [-0.4, -0.2) is 38.1 Å². The van der Waals surface area contributed by atoms with Crippen molar-refractivity contribution < 1.29 is 14.6 Å². The molecule has 0 aromatic heterocycles. The maximum absolute atomic E-state index is 9.56. The number of aliphatic hydroxyl groups is 1. The van der Waals surface area contributed by atoms with Gasteiger partial charge in [0.15, 0.2) is 0 Å². The molecule has 0 rings (SSSR count). The van der Waals surface area contributed by atoms with Gasteiger partial charge in [-0.25, -0.2) is 0 Å². The van der Waals surface area contributed by atoms with Gasteiger partial charge < -0.3 is 14.6 Å². The minimum absolute atomic E-state index is 0.386. The molecule has 0 fully saturated rings. The number of ether oxygens (including phenoxy) is 2. The number of hydrogen-bond donors (Lipinski definition) is 1. The van der Waals surface area contributed by atoms with E-state index in [1.165, 1.54) is 0 Å². The molecule has 0 aliphatic heterocycles. The molecule has 0 aromatic rings. The molecule has 0 aliphatic rings. The first-order valence-electron chi connectivity index (χ1n) is 3.82. The minimum atomic E-state index is -0.701. The van der Waals surface area contributed by atoms with Crippen molar-refractivity contribution in [2.45, 2.75) is 25.4 Å². The van der Waals surface area contributed by atoms with Crippen molar-refractivity contribution in [1.82, 2.24) is 0 Å². The molecular formula is C8H18O3. The molecule has 0 saturated heterocycles. The van der Waals surface area contributed by atoms with E-state index in [0.29, 0.717) is 19.6 Å². The SMILES string of the molecule is COCCCC(C)(O)COC.